The first-order chi connectivity index (χ1) is 12.5. The van der Waals surface area contributed by atoms with Crippen LogP contribution in [0.1, 0.15) is 46.3 Å². The Bertz CT molecular complexity index is 1060. The van der Waals surface area contributed by atoms with E-state index in [1.165, 1.54) is 0 Å². The van der Waals surface area contributed by atoms with Crippen molar-refractivity contribution in [3.05, 3.63) is 63.3 Å². The minimum absolute atomic E-state index is 0.110. The van der Waals surface area contributed by atoms with E-state index in [4.69, 9.17) is 4.98 Å². The van der Waals surface area contributed by atoms with Gasteiger partial charge in [0.2, 0.25) is 0 Å². The molecule has 26 heavy (non-hydrogen) atoms. The largest absolute Gasteiger partial charge is 0.329 e. The van der Waals surface area contributed by atoms with Gasteiger partial charge in [0.1, 0.15) is 11.4 Å². The van der Waals surface area contributed by atoms with Crippen LogP contribution >= 0.6 is 0 Å². The van der Waals surface area contributed by atoms with Crippen molar-refractivity contribution in [3.63, 3.8) is 0 Å². The van der Waals surface area contributed by atoms with Crippen molar-refractivity contribution in [1.29, 1.82) is 0 Å². The number of aromatic amines is 1. The topological polar surface area (TPSA) is 71.0 Å². The van der Waals surface area contributed by atoms with E-state index in [0.29, 0.717) is 6.54 Å². The number of carbonyl (C=O) groups is 1. The van der Waals surface area contributed by atoms with E-state index in [2.05, 4.69) is 9.55 Å². The van der Waals surface area contributed by atoms with Gasteiger partial charge in [0.05, 0.1) is 17.1 Å². The average Bonchev–Trinajstić information content (AvgIpc) is 3.22. The van der Waals surface area contributed by atoms with Gasteiger partial charge in [0.25, 0.3) is 11.5 Å². The van der Waals surface area contributed by atoms with Crippen LogP contribution in [0, 0.1) is 13.8 Å². The van der Waals surface area contributed by atoms with Gasteiger partial charge >= 0.3 is 0 Å². The molecule has 1 aromatic carbocycles. The van der Waals surface area contributed by atoms with Crippen LogP contribution in [0.3, 0.4) is 0 Å². The summed E-state index contributed by atoms with van der Waals surface area (Å²) in [6.07, 6.45) is 1.76. The zero-order chi connectivity index (χ0) is 18.4. The Labute approximate surface area is 151 Å². The molecule has 1 fully saturated rings. The highest BCUT2D eigenvalue weighted by molar-refractivity contribution is 5.94. The number of para-hydroxylation sites is 2. The van der Waals surface area contributed by atoms with Crippen LogP contribution in [0.25, 0.3) is 11.0 Å². The van der Waals surface area contributed by atoms with Gasteiger partial charge in [-0.05, 0) is 50.5 Å². The number of carbonyl (C=O) groups excluding carboxylic acids is 1. The monoisotopic (exact) mass is 350 g/mol. The molecule has 0 spiro atoms. The lowest BCUT2D eigenvalue weighted by molar-refractivity contribution is 0.0726. The fourth-order valence-electron chi connectivity index (χ4n) is 3.78. The first-order valence-electron chi connectivity index (χ1n) is 8.90. The van der Waals surface area contributed by atoms with Crippen LogP contribution in [0.4, 0.5) is 0 Å². The number of H-pyrrole nitrogens is 1. The maximum absolute atomic E-state index is 13.1. The third kappa shape index (κ3) is 2.53. The maximum Gasteiger partial charge on any atom is 0.261 e. The maximum atomic E-state index is 13.1. The van der Waals surface area contributed by atoms with Crippen molar-refractivity contribution < 1.29 is 4.79 Å². The van der Waals surface area contributed by atoms with Gasteiger partial charge < -0.3 is 14.5 Å². The molecular formula is C20H22N4O2. The van der Waals surface area contributed by atoms with E-state index in [-0.39, 0.29) is 23.1 Å². The van der Waals surface area contributed by atoms with E-state index in [9.17, 15) is 9.59 Å². The molecule has 1 aliphatic rings. The number of benzene rings is 1. The molecule has 0 radical (unpaired) electrons. The number of hydrogen-bond donors (Lipinski definition) is 1. The van der Waals surface area contributed by atoms with E-state index < -0.39 is 0 Å². The summed E-state index contributed by atoms with van der Waals surface area (Å²) in [5, 5.41) is 0. The molecule has 1 atom stereocenters. The van der Waals surface area contributed by atoms with Gasteiger partial charge in [-0.3, -0.25) is 9.59 Å². The number of imidazole rings is 1. The van der Waals surface area contributed by atoms with Crippen LogP contribution < -0.4 is 5.56 Å². The first-order valence-corrected chi connectivity index (χ1v) is 8.90. The number of pyridine rings is 1. The zero-order valence-electron chi connectivity index (χ0n) is 15.2. The van der Waals surface area contributed by atoms with Crippen molar-refractivity contribution in [2.75, 3.05) is 6.54 Å². The summed E-state index contributed by atoms with van der Waals surface area (Å²) in [4.78, 5) is 34.8. The van der Waals surface area contributed by atoms with Crippen LogP contribution in [0.15, 0.2) is 35.1 Å². The summed E-state index contributed by atoms with van der Waals surface area (Å²) < 4.78 is 2.05. The van der Waals surface area contributed by atoms with Crippen molar-refractivity contribution in [3.8, 4) is 0 Å². The quantitative estimate of drug-likeness (QED) is 0.772. The fraction of sp³-hybridized carbons (Fsp3) is 0.350. The van der Waals surface area contributed by atoms with E-state index >= 15 is 0 Å². The van der Waals surface area contributed by atoms with Crippen molar-refractivity contribution in [2.24, 2.45) is 7.05 Å². The van der Waals surface area contributed by atoms with Crippen LogP contribution in [0.5, 0.6) is 0 Å². The lowest BCUT2D eigenvalue weighted by Crippen LogP contribution is -2.35. The second-order valence-corrected chi connectivity index (χ2v) is 6.99. The second kappa shape index (κ2) is 6.12. The molecule has 6 heteroatoms. The zero-order valence-corrected chi connectivity index (χ0v) is 15.2. The SMILES string of the molecule is Cc1cc(C(=O)N2CCCC2c2nc3ccccc3n2C)c(=O)[nH]c1C. The molecule has 2 aromatic heterocycles. The van der Waals surface area contributed by atoms with Gasteiger partial charge in [-0.1, -0.05) is 12.1 Å². The minimum Gasteiger partial charge on any atom is -0.329 e. The molecule has 3 heterocycles. The molecule has 0 saturated carbocycles. The van der Waals surface area contributed by atoms with Crippen molar-refractivity contribution in [2.45, 2.75) is 32.7 Å². The summed E-state index contributed by atoms with van der Waals surface area (Å²) in [7, 11) is 1.98. The smallest absolute Gasteiger partial charge is 0.261 e. The van der Waals surface area contributed by atoms with Crippen molar-refractivity contribution in [1.82, 2.24) is 19.4 Å². The lowest BCUT2D eigenvalue weighted by atomic mass is 10.1. The minimum atomic E-state index is -0.325. The third-order valence-corrected chi connectivity index (χ3v) is 5.36. The highest BCUT2D eigenvalue weighted by atomic mass is 16.2. The molecule has 1 saturated heterocycles. The third-order valence-electron chi connectivity index (χ3n) is 5.36. The predicted molar refractivity (Wildman–Crippen MR) is 100 cm³/mol. The average molecular weight is 350 g/mol. The number of aromatic nitrogens is 3. The van der Waals surface area contributed by atoms with Gasteiger partial charge in [-0.15, -0.1) is 0 Å². The molecule has 6 nitrogen and oxygen atoms in total. The highest BCUT2D eigenvalue weighted by Gasteiger charge is 2.34. The molecule has 1 unspecified atom stereocenters. The van der Waals surface area contributed by atoms with Gasteiger partial charge in [-0.25, -0.2) is 4.98 Å². The molecule has 1 amide bonds. The Morgan fingerprint density at radius 2 is 2.04 bits per heavy atom. The Morgan fingerprint density at radius 3 is 2.81 bits per heavy atom. The Hall–Kier alpha value is -2.89. The van der Waals surface area contributed by atoms with Gasteiger partial charge in [-0.2, -0.15) is 0 Å². The van der Waals surface area contributed by atoms with E-state index in [0.717, 1.165) is 41.0 Å². The molecule has 3 aromatic rings. The standard InChI is InChI=1S/C20H22N4O2/c1-12-11-14(19(25)21-13(12)2)20(26)24-10-6-9-17(24)18-22-15-7-4-5-8-16(15)23(18)3/h4-5,7-8,11,17H,6,9-10H2,1-3H3,(H,21,25). The number of likely N-dealkylation sites (tertiary alicyclic amines) is 1. The molecule has 4 rings (SSSR count). The van der Waals surface area contributed by atoms with Crippen LogP contribution in [-0.2, 0) is 7.05 Å². The highest BCUT2D eigenvalue weighted by Crippen LogP contribution is 2.33. The summed E-state index contributed by atoms with van der Waals surface area (Å²) >= 11 is 0. The Morgan fingerprint density at radius 1 is 1.27 bits per heavy atom. The molecule has 0 aliphatic carbocycles. The summed E-state index contributed by atoms with van der Waals surface area (Å²) in [6.45, 7) is 4.37. The van der Waals surface area contributed by atoms with Crippen LogP contribution in [0.2, 0.25) is 0 Å². The summed E-state index contributed by atoms with van der Waals surface area (Å²) in [5.41, 5.74) is 3.55. The number of amides is 1. The molecular weight excluding hydrogens is 328 g/mol. The molecule has 1 N–H and O–H groups in total. The fourth-order valence-corrected chi connectivity index (χ4v) is 3.78. The number of nitrogens with zero attached hydrogens (tertiary/aromatic N) is 3. The van der Waals surface area contributed by atoms with Crippen molar-refractivity contribution >= 4 is 16.9 Å². The normalized spacial score (nSPS) is 17.2. The predicted octanol–water partition coefficient (Wildman–Crippen LogP) is 2.86. The number of aryl methyl sites for hydroxylation is 3. The number of hydrogen-bond acceptors (Lipinski definition) is 3. The second-order valence-electron chi connectivity index (χ2n) is 6.99. The molecule has 134 valence electrons. The molecule has 0 bridgehead atoms. The molecule has 1 aliphatic heterocycles. The lowest BCUT2D eigenvalue weighted by Gasteiger charge is -2.24. The van der Waals surface area contributed by atoms with E-state index in [1.54, 1.807) is 11.0 Å². The number of nitrogens with one attached hydrogen (secondary N) is 1. The number of rotatable bonds is 2. The first kappa shape index (κ1) is 16.6. The van der Waals surface area contributed by atoms with Crippen LogP contribution in [-0.4, -0.2) is 31.9 Å². The van der Waals surface area contributed by atoms with Gasteiger partial charge in [0, 0.05) is 19.3 Å². The summed E-state index contributed by atoms with van der Waals surface area (Å²) in [5.74, 6) is 0.654. The van der Waals surface area contributed by atoms with Gasteiger partial charge in [0.15, 0.2) is 0 Å². The van der Waals surface area contributed by atoms with E-state index in [1.807, 2.05) is 45.2 Å². The number of fused-ring (bicyclic) bond motifs is 1. The Kier molecular flexibility index (Phi) is 3.90. The Balaban J connectivity index is 1.75. The summed E-state index contributed by atoms with van der Waals surface area (Å²) in [6, 6.07) is 9.54.